The van der Waals surface area contributed by atoms with Crippen molar-refractivity contribution in [1.82, 2.24) is 9.13 Å². The predicted octanol–water partition coefficient (Wildman–Crippen LogP) is 1.46. The van der Waals surface area contributed by atoms with Crippen molar-refractivity contribution in [3.05, 3.63) is 52.7 Å². The summed E-state index contributed by atoms with van der Waals surface area (Å²) >= 11 is 0. The average molecular weight is 245 g/mol. The molecule has 0 aliphatic heterocycles. The SMILES string of the molecule is Cn1ccn(-c2cccc(CCCCN)c2)c1=O. The molecule has 0 bridgehead atoms. The van der Waals surface area contributed by atoms with E-state index in [9.17, 15) is 4.79 Å². The van der Waals surface area contributed by atoms with Crippen molar-refractivity contribution in [2.75, 3.05) is 6.54 Å². The van der Waals surface area contributed by atoms with Gasteiger partial charge in [-0.15, -0.1) is 0 Å². The summed E-state index contributed by atoms with van der Waals surface area (Å²) < 4.78 is 3.23. The first kappa shape index (κ1) is 12.6. The second kappa shape index (κ2) is 5.69. The lowest BCUT2D eigenvalue weighted by Crippen LogP contribution is -2.20. The highest BCUT2D eigenvalue weighted by Gasteiger charge is 2.03. The van der Waals surface area contributed by atoms with E-state index in [2.05, 4.69) is 12.1 Å². The van der Waals surface area contributed by atoms with Crippen LogP contribution in [0.2, 0.25) is 0 Å². The quantitative estimate of drug-likeness (QED) is 0.811. The molecule has 0 saturated carbocycles. The van der Waals surface area contributed by atoms with Gasteiger partial charge in [0.1, 0.15) is 0 Å². The minimum absolute atomic E-state index is 0.0193. The van der Waals surface area contributed by atoms with Crippen LogP contribution in [0.25, 0.3) is 5.69 Å². The summed E-state index contributed by atoms with van der Waals surface area (Å²) in [7, 11) is 1.75. The molecule has 0 spiro atoms. The lowest BCUT2D eigenvalue weighted by Gasteiger charge is -2.05. The zero-order valence-corrected chi connectivity index (χ0v) is 10.7. The van der Waals surface area contributed by atoms with Crippen LogP contribution in [0.4, 0.5) is 0 Å². The summed E-state index contributed by atoms with van der Waals surface area (Å²) in [4.78, 5) is 11.9. The van der Waals surface area contributed by atoms with Gasteiger partial charge < -0.3 is 10.3 Å². The van der Waals surface area contributed by atoms with Gasteiger partial charge in [0.15, 0.2) is 0 Å². The van der Waals surface area contributed by atoms with Gasteiger partial charge in [0, 0.05) is 19.4 Å². The number of hydrogen-bond acceptors (Lipinski definition) is 2. The summed E-state index contributed by atoms with van der Waals surface area (Å²) in [5.74, 6) is 0. The monoisotopic (exact) mass is 245 g/mol. The third-order valence-corrected chi connectivity index (χ3v) is 3.06. The third-order valence-electron chi connectivity index (χ3n) is 3.06. The van der Waals surface area contributed by atoms with Crippen LogP contribution in [0.5, 0.6) is 0 Å². The van der Waals surface area contributed by atoms with E-state index in [1.165, 1.54) is 5.56 Å². The van der Waals surface area contributed by atoms with E-state index in [1.54, 1.807) is 28.6 Å². The molecule has 4 heteroatoms. The number of hydrogen-bond donors (Lipinski definition) is 1. The van der Waals surface area contributed by atoms with Gasteiger partial charge in [0.05, 0.1) is 5.69 Å². The van der Waals surface area contributed by atoms with Crippen LogP contribution in [0.15, 0.2) is 41.5 Å². The molecule has 0 aliphatic carbocycles. The first-order valence-corrected chi connectivity index (χ1v) is 6.26. The van der Waals surface area contributed by atoms with Crippen LogP contribution in [0.3, 0.4) is 0 Å². The Labute approximate surface area is 107 Å². The van der Waals surface area contributed by atoms with E-state index in [0.29, 0.717) is 0 Å². The Morgan fingerprint density at radius 3 is 2.72 bits per heavy atom. The van der Waals surface area contributed by atoms with Crippen molar-refractivity contribution in [1.29, 1.82) is 0 Å². The fourth-order valence-electron chi connectivity index (χ4n) is 2.00. The molecule has 96 valence electrons. The lowest BCUT2D eigenvalue weighted by atomic mass is 10.1. The lowest BCUT2D eigenvalue weighted by molar-refractivity contribution is 0.744. The van der Waals surface area contributed by atoms with Gasteiger partial charge in [-0.3, -0.25) is 4.57 Å². The summed E-state index contributed by atoms with van der Waals surface area (Å²) in [5, 5.41) is 0. The highest BCUT2D eigenvalue weighted by atomic mass is 16.1. The second-order valence-corrected chi connectivity index (χ2v) is 4.48. The number of aromatic nitrogens is 2. The molecule has 0 atom stereocenters. The van der Waals surface area contributed by atoms with Crippen LogP contribution >= 0.6 is 0 Å². The summed E-state index contributed by atoms with van der Waals surface area (Å²) in [6.07, 6.45) is 6.69. The number of nitrogens with two attached hydrogens (primary N) is 1. The van der Waals surface area contributed by atoms with Gasteiger partial charge in [0.25, 0.3) is 0 Å². The van der Waals surface area contributed by atoms with Gasteiger partial charge in [-0.1, -0.05) is 12.1 Å². The molecule has 18 heavy (non-hydrogen) atoms. The van der Waals surface area contributed by atoms with Gasteiger partial charge >= 0.3 is 5.69 Å². The maximum Gasteiger partial charge on any atom is 0.332 e. The molecule has 1 aromatic heterocycles. The number of nitrogens with zero attached hydrogens (tertiary/aromatic N) is 2. The standard InChI is InChI=1S/C14H19N3O/c1-16-9-10-17(14(16)18)13-7-4-6-12(11-13)5-2-3-8-15/h4,6-7,9-11H,2-3,5,8,15H2,1H3. The Morgan fingerprint density at radius 2 is 2.06 bits per heavy atom. The molecule has 2 N–H and O–H groups in total. The number of unbranched alkanes of at least 4 members (excludes halogenated alkanes) is 1. The zero-order chi connectivity index (χ0) is 13.0. The molecule has 0 radical (unpaired) electrons. The molecule has 2 rings (SSSR count). The van der Waals surface area contributed by atoms with Crippen molar-refractivity contribution in [2.45, 2.75) is 19.3 Å². The van der Waals surface area contributed by atoms with E-state index in [4.69, 9.17) is 5.73 Å². The molecule has 0 aliphatic rings. The average Bonchev–Trinajstić information content (AvgIpc) is 2.71. The molecule has 0 fully saturated rings. The van der Waals surface area contributed by atoms with Crippen LogP contribution in [0, 0.1) is 0 Å². The normalized spacial score (nSPS) is 10.8. The van der Waals surface area contributed by atoms with E-state index in [0.717, 1.165) is 31.5 Å². The van der Waals surface area contributed by atoms with E-state index in [1.807, 2.05) is 12.1 Å². The van der Waals surface area contributed by atoms with E-state index < -0.39 is 0 Å². The number of aryl methyl sites for hydroxylation is 2. The van der Waals surface area contributed by atoms with Crippen molar-refractivity contribution in [3.8, 4) is 5.69 Å². The van der Waals surface area contributed by atoms with Gasteiger partial charge in [-0.2, -0.15) is 0 Å². The van der Waals surface area contributed by atoms with Crippen molar-refractivity contribution in [2.24, 2.45) is 12.8 Å². The molecule has 0 unspecified atom stereocenters. The molecule has 4 nitrogen and oxygen atoms in total. The highest BCUT2D eigenvalue weighted by molar-refractivity contribution is 5.35. The number of imidazole rings is 1. The minimum atomic E-state index is -0.0193. The summed E-state index contributed by atoms with van der Waals surface area (Å²) in [5.41, 5.74) is 7.64. The molecule has 0 amide bonds. The fraction of sp³-hybridized carbons (Fsp3) is 0.357. The molecule has 1 aromatic carbocycles. The smallest absolute Gasteiger partial charge is 0.330 e. The Morgan fingerprint density at radius 1 is 1.22 bits per heavy atom. The van der Waals surface area contributed by atoms with Gasteiger partial charge in [-0.25, -0.2) is 4.79 Å². The van der Waals surface area contributed by atoms with Gasteiger partial charge in [0.2, 0.25) is 0 Å². The second-order valence-electron chi connectivity index (χ2n) is 4.48. The van der Waals surface area contributed by atoms with Crippen molar-refractivity contribution >= 4 is 0 Å². The third kappa shape index (κ3) is 2.71. The maximum absolute atomic E-state index is 11.9. The van der Waals surface area contributed by atoms with E-state index in [-0.39, 0.29) is 5.69 Å². The molecule has 0 saturated heterocycles. The fourth-order valence-corrected chi connectivity index (χ4v) is 2.00. The molecule has 2 aromatic rings. The predicted molar refractivity (Wildman–Crippen MR) is 73.0 cm³/mol. The Hall–Kier alpha value is -1.81. The summed E-state index contributed by atoms with van der Waals surface area (Å²) in [6.45, 7) is 0.734. The minimum Gasteiger partial charge on any atom is -0.330 e. The summed E-state index contributed by atoms with van der Waals surface area (Å²) in [6, 6.07) is 8.10. The largest absolute Gasteiger partial charge is 0.332 e. The first-order chi connectivity index (χ1) is 8.72. The Balaban J connectivity index is 2.22. The van der Waals surface area contributed by atoms with Crippen molar-refractivity contribution in [3.63, 3.8) is 0 Å². The van der Waals surface area contributed by atoms with Gasteiger partial charge in [-0.05, 0) is 43.5 Å². The van der Waals surface area contributed by atoms with Crippen LogP contribution in [0.1, 0.15) is 18.4 Å². The molecular weight excluding hydrogens is 226 g/mol. The Kier molecular flexibility index (Phi) is 3.99. The number of rotatable bonds is 5. The van der Waals surface area contributed by atoms with Crippen LogP contribution in [-0.2, 0) is 13.5 Å². The van der Waals surface area contributed by atoms with Crippen LogP contribution < -0.4 is 11.4 Å². The van der Waals surface area contributed by atoms with Crippen molar-refractivity contribution < 1.29 is 0 Å². The molecular formula is C14H19N3O. The first-order valence-electron chi connectivity index (χ1n) is 6.26. The number of benzene rings is 1. The van der Waals surface area contributed by atoms with Crippen LogP contribution in [-0.4, -0.2) is 15.7 Å². The van der Waals surface area contributed by atoms with E-state index >= 15 is 0 Å². The maximum atomic E-state index is 11.9. The zero-order valence-electron chi connectivity index (χ0n) is 10.7. The highest BCUT2D eigenvalue weighted by Crippen LogP contribution is 2.11. The molecule has 1 heterocycles. The topological polar surface area (TPSA) is 52.9 Å². The Bertz CT molecular complexity index is 568.